The van der Waals surface area contributed by atoms with Crippen LogP contribution in [0.2, 0.25) is 0 Å². The number of rotatable bonds is 3. The Labute approximate surface area is 99.6 Å². The number of aromatic amines is 1. The first-order valence-corrected chi connectivity index (χ1v) is 5.51. The lowest BCUT2D eigenvalue weighted by atomic mass is 10.0. The fraction of sp³-hybridized carbons (Fsp3) is 0.231. The number of esters is 1. The van der Waals surface area contributed by atoms with Gasteiger partial charge in [-0.2, -0.15) is 5.10 Å². The van der Waals surface area contributed by atoms with Gasteiger partial charge in [-0.25, -0.2) is 4.79 Å². The van der Waals surface area contributed by atoms with Crippen LogP contribution < -0.4 is 0 Å². The number of aryl methyl sites for hydroxylation is 1. The van der Waals surface area contributed by atoms with Gasteiger partial charge in [0, 0.05) is 11.3 Å². The van der Waals surface area contributed by atoms with Crippen LogP contribution in [-0.2, 0) is 4.74 Å². The number of nitrogens with zero attached hydrogens (tertiary/aromatic N) is 1. The van der Waals surface area contributed by atoms with E-state index in [0.717, 1.165) is 16.8 Å². The van der Waals surface area contributed by atoms with Crippen molar-refractivity contribution >= 4 is 5.97 Å². The number of H-pyrrole nitrogens is 1. The van der Waals surface area contributed by atoms with Gasteiger partial charge in [0.1, 0.15) is 0 Å². The summed E-state index contributed by atoms with van der Waals surface area (Å²) in [4.78, 5) is 11.7. The van der Waals surface area contributed by atoms with Crippen molar-refractivity contribution in [1.29, 1.82) is 0 Å². The maximum Gasteiger partial charge on any atom is 0.359 e. The number of nitrogens with one attached hydrogen (secondary N) is 1. The molecule has 0 saturated heterocycles. The average Bonchev–Trinajstić information content (AvgIpc) is 2.73. The molecule has 0 unspecified atom stereocenters. The molecule has 0 bridgehead atoms. The zero-order valence-electron chi connectivity index (χ0n) is 9.86. The Hall–Kier alpha value is -2.10. The zero-order valence-corrected chi connectivity index (χ0v) is 9.86. The van der Waals surface area contributed by atoms with E-state index in [1.165, 1.54) is 0 Å². The van der Waals surface area contributed by atoms with E-state index in [0.29, 0.717) is 12.3 Å². The topological polar surface area (TPSA) is 55.0 Å². The molecule has 4 heteroatoms. The molecule has 1 heterocycles. The standard InChI is InChI=1S/C13H14N2O2/c1-3-17-13(16)12-11(9(2)14-15-12)10-7-5-4-6-8-10/h4-8H,3H2,1-2H3,(H,14,15). The third-order valence-corrected chi connectivity index (χ3v) is 2.48. The maximum absolute atomic E-state index is 11.7. The van der Waals surface area contributed by atoms with E-state index < -0.39 is 5.97 Å². The van der Waals surface area contributed by atoms with Gasteiger partial charge in [-0.05, 0) is 19.4 Å². The molecule has 1 N–H and O–H groups in total. The van der Waals surface area contributed by atoms with Crippen molar-refractivity contribution in [3.05, 3.63) is 41.7 Å². The van der Waals surface area contributed by atoms with E-state index >= 15 is 0 Å². The fourth-order valence-corrected chi connectivity index (χ4v) is 1.73. The Morgan fingerprint density at radius 2 is 2.06 bits per heavy atom. The molecule has 0 aliphatic carbocycles. The fourth-order valence-electron chi connectivity index (χ4n) is 1.73. The summed E-state index contributed by atoms with van der Waals surface area (Å²) in [6, 6.07) is 9.68. The number of benzene rings is 1. The van der Waals surface area contributed by atoms with Crippen LogP contribution in [0.25, 0.3) is 11.1 Å². The Balaban J connectivity index is 2.47. The van der Waals surface area contributed by atoms with Crippen LogP contribution in [0.1, 0.15) is 23.1 Å². The Morgan fingerprint density at radius 3 is 2.71 bits per heavy atom. The van der Waals surface area contributed by atoms with Gasteiger partial charge in [0.05, 0.1) is 6.61 Å². The normalized spacial score (nSPS) is 10.2. The van der Waals surface area contributed by atoms with Crippen molar-refractivity contribution in [2.45, 2.75) is 13.8 Å². The lowest BCUT2D eigenvalue weighted by Gasteiger charge is -2.03. The summed E-state index contributed by atoms with van der Waals surface area (Å²) >= 11 is 0. The summed E-state index contributed by atoms with van der Waals surface area (Å²) in [7, 11) is 0. The second-order valence-electron chi connectivity index (χ2n) is 3.66. The van der Waals surface area contributed by atoms with Crippen LogP contribution in [-0.4, -0.2) is 22.8 Å². The van der Waals surface area contributed by atoms with Gasteiger partial charge in [-0.15, -0.1) is 0 Å². The molecule has 0 spiro atoms. The monoisotopic (exact) mass is 230 g/mol. The Kier molecular flexibility index (Phi) is 3.23. The number of aromatic nitrogens is 2. The highest BCUT2D eigenvalue weighted by Gasteiger charge is 2.19. The molecule has 88 valence electrons. The van der Waals surface area contributed by atoms with Crippen molar-refractivity contribution < 1.29 is 9.53 Å². The minimum Gasteiger partial charge on any atom is -0.461 e. The quantitative estimate of drug-likeness (QED) is 0.824. The van der Waals surface area contributed by atoms with Gasteiger partial charge >= 0.3 is 5.97 Å². The molecule has 2 rings (SSSR count). The highest BCUT2D eigenvalue weighted by atomic mass is 16.5. The molecule has 1 aromatic heterocycles. The molecule has 0 fully saturated rings. The predicted molar refractivity (Wildman–Crippen MR) is 64.7 cm³/mol. The Bertz CT molecular complexity index is 517. The van der Waals surface area contributed by atoms with Crippen LogP contribution in [0.5, 0.6) is 0 Å². The smallest absolute Gasteiger partial charge is 0.359 e. The van der Waals surface area contributed by atoms with Crippen molar-refractivity contribution in [3.63, 3.8) is 0 Å². The molecule has 0 aliphatic rings. The number of ether oxygens (including phenoxy) is 1. The van der Waals surface area contributed by atoms with Gasteiger partial charge in [0.25, 0.3) is 0 Å². The third-order valence-electron chi connectivity index (χ3n) is 2.48. The Morgan fingerprint density at radius 1 is 1.35 bits per heavy atom. The van der Waals surface area contributed by atoms with E-state index in [9.17, 15) is 4.79 Å². The van der Waals surface area contributed by atoms with Crippen LogP contribution in [0.4, 0.5) is 0 Å². The summed E-state index contributed by atoms with van der Waals surface area (Å²) in [5.41, 5.74) is 2.97. The molecule has 1 aromatic carbocycles. The van der Waals surface area contributed by atoms with E-state index in [1.54, 1.807) is 6.92 Å². The van der Waals surface area contributed by atoms with Crippen molar-refractivity contribution in [2.24, 2.45) is 0 Å². The van der Waals surface area contributed by atoms with E-state index in [4.69, 9.17) is 4.74 Å². The summed E-state index contributed by atoms with van der Waals surface area (Å²) in [5.74, 6) is -0.393. The van der Waals surface area contributed by atoms with Gasteiger partial charge in [-0.1, -0.05) is 30.3 Å². The molecule has 0 radical (unpaired) electrons. The molecule has 0 atom stereocenters. The highest BCUT2D eigenvalue weighted by molar-refractivity contribution is 5.95. The zero-order chi connectivity index (χ0) is 12.3. The molecular formula is C13H14N2O2. The molecule has 0 amide bonds. The molecule has 0 aliphatic heterocycles. The first-order chi connectivity index (χ1) is 8.24. The predicted octanol–water partition coefficient (Wildman–Crippen LogP) is 2.56. The van der Waals surface area contributed by atoms with Crippen LogP contribution in [0.15, 0.2) is 30.3 Å². The largest absolute Gasteiger partial charge is 0.461 e. The summed E-state index contributed by atoms with van der Waals surface area (Å²) in [6.07, 6.45) is 0. The molecular weight excluding hydrogens is 216 g/mol. The van der Waals surface area contributed by atoms with E-state index in [1.807, 2.05) is 37.3 Å². The second kappa shape index (κ2) is 4.82. The number of carbonyl (C=O) groups is 1. The molecule has 4 nitrogen and oxygen atoms in total. The van der Waals surface area contributed by atoms with Gasteiger partial charge in [0.2, 0.25) is 0 Å². The number of carbonyl (C=O) groups excluding carboxylic acids is 1. The van der Waals surface area contributed by atoms with Crippen LogP contribution >= 0.6 is 0 Å². The minimum absolute atomic E-state index is 0.343. The van der Waals surface area contributed by atoms with Gasteiger partial charge < -0.3 is 4.74 Å². The number of hydrogen-bond acceptors (Lipinski definition) is 3. The molecule has 17 heavy (non-hydrogen) atoms. The van der Waals surface area contributed by atoms with Crippen LogP contribution in [0, 0.1) is 6.92 Å². The van der Waals surface area contributed by atoms with Crippen molar-refractivity contribution in [3.8, 4) is 11.1 Å². The molecule has 0 saturated carbocycles. The lowest BCUT2D eigenvalue weighted by Crippen LogP contribution is -2.06. The SMILES string of the molecule is CCOC(=O)c1n[nH]c(C)c1-c1ccccc1. The van der Waals surface area contributed by atoms with E-state index in [2.05, 4.69) is 10.2 Å². The van der Waals surface area contributed by atoms with Crippen molar-refractivity contribution in [2.75, 3.05) is 6.61 Å². The van der Waals surface area contributed by atoms with Crippen molar-refractivity contribution in [1.82, 2.24) is 10.2 Å². The first-order valence-electron chi connectivity index (χ1n) is 5.51. The summed E-state index contributed by atoms with van der Waals surface area (Å²) in [5, 5.41) is 6.84. The highest BCUT2D eigenvalue weighted by Crippen LogP contribution is 2.25. The summed E-state index contributed by atoms with van der Waals surface area (Å²) in [6.45, 7) is 4.01. The van der Waals surface area contributed by atoms with E-state index in [-0.39, 0.29) is 0 Å². The first kappa shape index (κ1) is 11.4. The lowest BCUT2D eigenvalue weighted by molar-refractivity contribution is 0.0520. The minimum atomic E-state index is -0.393. The third kappa shape index (κ3) is 2.20. The maximum atomic E-state index is 11.7. The van der Waals surface area contributed by atoms with Gasteiger partial charge in [-0.3, -0.25) is 5.10 Å². The second-order valence-corrected chi connectivity index (χ2v) is 3.66. The average molecular weight is 230 g/mol. The summed E-state index contributed by atoms with van der Waals surface area (Å²) < 4.78 is 4.98. The van der Waals surface area contributed by atoms with Gasteiger partial charge in [0.15, 0.2) is 5.69 Å². The molecule has 2 aromatic rings. The number of hydrogen-bond donors (Lipinski definition) is 1. The van der Waals surface area contributed by atoms with Crippen LogP contribution in [0.3, 0.4) is 0 Å².